The molecule has 1 aliphatic carbocycles. The van der Waals surface area contributed by atoms with Gasteiger partial charge in [-0.3, -0.25) is 14.6 Å². The lowest BCUT2D eigenvalue weighted by Crippen LogP contribution is -2.44. The summed E-state index contributed by atoms with van der Waals surface area (Å²) in [4.78, 5) is 18.3. The third kappa shape index (κ3) is 3.54. The maximum Gasteiger partial charge on any atom is 0.356 e. The molecular weight excluding hydrogens is 340 g/mol. The van der Waals surface area contributed by atoms with Gasteiger partial charge in [-0.05, 0) is 68.8 Å². The van der Waals surface area contributed by atoms with Gasteiger partial charge in [0.25, 0.3) is 0 Å². The van der Waals surface area contributed by atoms with E-state index >= 15 is 0 Å². The number of hydrogen-bond donors (Lipinski definition) is 1. The van der Waals surface area contributed by atoms with Crippen molar-refractivity contribution < 1.29 is 9.90 Å². The molecule has 4 rings (SSSR count). The number of carboxylic acids is 1. The van der Waals surface area contributed by atoms with E-state index in [9.17, 15) is 9.90 Å². The molecule has 1 atom stereocenters. The Balaban J connectivity index is 1.46. The van der Waals surface area contributed by atoms with Gasteiger partial charge in [0.15, 0.2) is 5.69 Å². The number of rotatable bonds is 5. The van der Waals surface area contributed by atoms with Crippen LogP contribution in [0.2, 0.25) is 0 Å². The minimum Gasteiger partial charge on any atom is -0.476 e. The van der Waals surface area contributed by atoms with Crippen LogP contribution in [0.15, 0.2) is 37.2 Å². The number of carboxylic acid groups (broad SMARTS) is 1. The van der Waals surface area contributed by atoms with Crippen molar-refractivity contribution in [3.8, 4) is 0 Å². The van der Waals surface area contributed by atoms with Gasteiger partial charge in [-0.15, -0.1) is 6.58 Å². The van der Waals surface area contributed by atoms with Crippen molar-refractivity contribution in [1.82, 2.24) is 19.7 Å². The molecule has 27 heavy (non-hydrogen) atoms. The lowest BCUT2D eigenvalue weighted by molar-refractivity contribution is 0.0687. The number of hydrogen-bond acceptors (Lipinski definition) is 4. The van der Waals surface area contributed by atoms with Gasteiger partial charge in [0.1, 0.15) is 0 Å². The minimum atomic E-state index is -0.925. The molecule has 6 heteroatoms. The quantitative estimate of drug-likeness (QED) is 0.824. The highest BCUT2D eigenvalue weighted by Gasteiger charge is 2.33. The van der Waals surface area contributed by atoms with Gasteiger partial charge in [0.05, 0.1) is 6.54 Å². The van der Waals surface area contributed by atoms with E-state index in [0.29, 0.717) is 18.5 Å². The molecule has 2 aromatic heterocycles. The zero-order chi connectivity index (χ0) is 18.8. The molecule has 0 amide bonds. The highest BCUT2D eigenvalue weighted by atomic mass is 16.4. The molecule has 0 saturated carbocycles. The summed E-state index contributed by atoms with van der Waals surface area (Å²) >= 11 is 0. The average Bonchev–Trinajstić information content (AvgIpc) is 3.07. The van der Waals surface area contributed by atoms with Crippen molar-refractivity contribution in [3.05, 3.63) is 59.7 Å². The maximum atomic E-state index is 11.7. The fraction of sp³-hybridized carbons (Fsp3) is 0.476. The largest absolute Gasteiger partial charge is 0.476 e. The molecule has 1 saturated heterocycles. The van der Waals surface area contributed by atoms with Crippen LogP contribution in [0.1, 0.15) is 52.5 Å². The summed E-state index contributed by atoms with van der Waals surface area (Å²) in [5.74, 6) is -0.320. The van der Waals surface area contributed by atoms with Crippen molar-refractivity contribution in [2.75, 3.05) is 13.1 Å². The molecule has 1 fully saturated rings. The van der Waals surface area contributed by atoms with Crippen LogP contribution in [0.4, 0.5) is 0 Å². The first-order valence-electron chi connectivity index (χ1n) is 9.74. The summed E-state index contributed by atoms with van der Waals surface area (Å²) in [5.41, 5.74) is 3.62. The smallest absolute Gasteiger partial charge is 0.356 e. The molecule has 6 nitrogen and oxygen atoms in total. The highest BCUT2D eigenvalue weighted by Crippen LogP contribution is 2.33. The summed E-state index contributed by atoms with van der Waals surface area (Å²) < 4.78 is 1.82. The van der Waals surface area contributed by atoms with Crippen LogP contribution >= 0.6 is 0 Å². The Morgan fingerprint density at radius 3 is 2.67 bits per heavy atom. The minimum absolute atomic E-state index is 0.225. The first-order valence-corrected chi connectivity index (χ1v) is 9.74. The van der Waals surface area contributed by atoms with Crippen LogP contribution in [-0.2, 0) is 19.4 Å². The Morgan fingerprint density at radius 2 is 2.00 bits per heavy atom. The number of allylic oxidation sites excluding steroid dienone is 1. The lowest BCUT2D eigenvalue weighted by Gasteiger charge is -2.39. The average molecular weight is 366 g/mol. The third-order valence-electron chi connectivity index (χ3n) is 6.05. The number of piperidine rings is 1. The van der Waals surface area contributed by atoms with Gasteiger partial charge in [0.2, 0.25) is 0 Å². The summed E-state index contributed by atoms with van der Waals surface area (Å²) in [6.45, 7) is 6.46. The zero-order valence-electron chi connectivity index (χ0n) is 15.5. The van der Waals surface area contributed by atoms with E-state index in [1.54, 1.807) is 6.08 Å². The Morgan fingerprint density at radius 1 is 1.26 bits per heavy atom. The molecule has 0 aromatic carbocycles. The molecule has 1 N–H and O–H groups in total. The van der Waals surface area contributed by atoms with E-state index in [4.69, 9.17) is 0 Å². The van der Waals surface area contributed by atoms with Crippen molar-refractivity contribution in [2.45, 2.75) is 50.6 Å². The monoisotopic (exact) mass is 366 g/mol. The van der Waals surface area contributed by atoms with E-state index in [-0.39, 0.29) is 5.69 Å². The first-order chi connectivity index (χ1) is 13.2. The molecule has 3 heterocycles. The molecule has 2 aromatic rings. The van der Waals surface area contributed by atoms with Gasteiger partial charge in [-0.25, -0.2) is 4.79 Å². The van der Waals surface area contributed by atoms with E-state index in [0.717, 1.165) is 56.5 Å². The number of pyridine rings is 1. The first kappa shape index (κ1) is 17.9. The molecule has 0 spiro atoms. The molecule has 0 unspecified atom stereocenters. The van der Waals surface area contributed by atoms with E-state index in [1.807, 2.05) is 17.1 Å². The number of fused-ring (bicyclic) bond motifs is 1. The van der Waals surface area contributed by atoms with Gasteiger partial charge in [-0.2, -0.15) is 5.10 Å². The zero-order valence-corrected chi connectivity index (χ0v) is 15.5. The number of nitrogens with zero attached hydrogens (tertiary/aromatic N) is 4. The fourth-order valence-electron chi connectivity index (χ4n) is 4.66. The van der Waals surface area contributed by atoms with Crippen molar-refractivity contribution in [2.24, 2.45) is 0 Å². The fourth-order valence-corrected chi connectivity index (χ4v) is 4.66. The second kappa shape index (κ2) is 7.64. The van der Waals surface area contributed by atoms with E-state index in [1.165, 1.54) is 5.56 Å². The number of likely N-dealkylation sites (tertiary alicyclic amines) is 1. The highest BCUT2D eigenvalue weighted by molar-refractivity contribution is 5.87. The SMILES string of the molecule is C=CCn1nc(C(=O)O)c2c1CC[C@H](N1CCC(c3ccncc3)CC1)C2. The molecule has 0 bridgehead atoms. The Kier molecular flexibility index (Phi) is 5.07. The lowest BCUT2D eigenvalue weighted by atomic mass is 9.86. The predicted octanol–water partition coefficient (Wildman–Crippen LogP) is 2.90. The van der Waals surface area contributed by atoms with Gasteiger partial charge in [-0.1, -0.05) is 6.08 Å². The standard InChI is InChI=1S/C21H26N4O2/c1-2-11-25-19-4-3-17(14-18(19)20(23-25)21(26)27)24-12-7-16(8-13-24)15-5-9-22-10-6-15/h2,5-6,9-10,16-17H,1,3-4,7-8,11-14H2,(H,26,27)/t17-/m0/s1. The van der Waals surface area contributed by atoms with Gasteiger partial charge in [0, 0.05) is 29.7 Å². The van der Waals surface area contributed by atoms with Crippen LogP contribution in [0, 0.1) is 0 Å². The summed E-state index contributed by atoms with van der Waals surface area (Å²) in [7, 11) is 0. The summed E-state index contributed by atoms with van der Waals surface area (Å²) in [5, 5.41) is 13.9. The second-order valence-corrected chi connectivity index (χ2v) is 7.54. The van der Waals surface area contributed by atoms with Crippen molar-refractivity contribution >= 4 is 5.97 Å². The summed E-state index contributed by atoms with van der Waals surface area (Å²) in [6.07, 6.45) is 10.6. The second-order valence-electron chi connectivity index (χ2n) is 7.54. The Hall–Kier alpha value is -2.47. The topological polar surface area (TPSA) is 71.2 Å². The molecule has 142 valence electrons. The molecule has 2 aliphatic rings. The number of carbonyl (C=O) groups is 1. The third-order valence-corrected chi connectivity index (χ3v) is 6.05. The Labute approximate surface area is 159 Å². The van der Waals surface area contributed by atoms with Crippen LogP contribution in [0.25, 0.3) is 0 Å². The molecule has 0 radical (unpaired) electrons. The maximum absolute atomic E-state index is 11.7. The Bertz CT molecular complexity index is 822. The molecular formula is C21H26N4O2. The predicted molar refractivity (Wildman–Crippen MR) is 103 cm³/mol. The normalized spacial score (nSPS) is 21.0. The van der Waals surface area contributed by atoms with Crippen molar-refractivity contribution in [1.29, 1.82) is 0 Å². The van der Waals surface area contributed by atoms with Crippen LogP contribution in [-0.4, -0.2) is 49.9 Å². The van der Waals surface area contributed by atoms with Crippen LogP contribution in [0.3, 0.4) is 0 Å². The van der Waals surface area contributed by atoms with Crippen LogP contribution < -0.4 is 0 Å². The molecule has 1 aliphatic heterocycles. The van der Waals surface area contributed by atoms with E-state index < -0.39 is 5.97 Å². The number of aromatic carboxylic acids is 1. The van der Waals surface area contributed by atoms with Crippen molar-refractivity contribution in [3.63, 3.8) is 0 Å². The van der Waals surface area contributed by atoms with Gasteiger partial charge < -0.3 is 5.11 Å². The summed E-state index contributed by atoms with van der Waals surface area (Å²) in [6, 6.07) is 4.66. The number of aromatic nitrogens is 3. The van der Waals surface area contributed by atoms with Gasteiger partial charge >= 0.3 is 5.97 Å². The van der Waals surface area contributed by atoms with E-state index in [2.05, 4.69) is 33.7 Å². The van der Waals surface area contributed by atoms with Crippen LogP contribution in [0.5, 0.6) is 0 Å².